The number of halogens is 1. The lowest BCUT2D eigenvalue weighted by Crippen LogP contribution is -2.35. The van der Waals surface area contributed by atoms with Crippen LogP contribution in [0.25, 0.3) is 17.4 Å². The van der Waals surface area contributed by atoms with Gasteiger partial charge in [-0.15, -0.1) is 0 Å². The van der Waals surface area contributed by atoms with E-state index in [0.717, 1.165) is 24.3 Å². The van der Waals surface area contributed by atoms with Crippen LogP contribution in [0, 0.1) is 15.5 Å². The Bertz CT molecular complexity index is 1250. The number of nitrogens with zero attached hydrogens (tertiary/aromatic N) is 4. The number of thioether (sulfide) groups is 1. The van der Waals surface area contributed by atoms with Crippen molar-refractivity contribution < 1.29 is 14.1 Å². The maximum absolute atomic E-state index is 12.6. The third-order valence-corrected chi connectivity index (χ3v) is 6.61. The minimum absolute atomic E-state index is 0.0604. The van der Waals surface area contributed by atoms with Gasteiger partial charge in [0.1, 0.15) is 16.6 Å². The Hall–Kier alpha value is -3.24. The van der Waals surface area contributed by atoms with Crippen LogP contribution in [0.1, 0.15) is 51.2 Å². The molecular formula is C23H22ClN5O4S. The lowest BCUT2D eigenvalue weighted by atomic mass is 10.1. The summed E-state index contributed by atoms with van der Waals surface area (Å²) in [6.07, 6.45) is 7.97. The lowest BCUT2D eigenvalue weighted by molar-refractivity contribution is -0.384. The van der Waals surface area contributed by atoms with Gasteiger partial charge in [0.15, 0.2) is 5.84 Å². The normalized spacial score (nSPS) is 16.6. The lowest BCUT2D eigenvalue weighted by Gasteiger charge is -2.19. The van der Waals surface area contributed by atoms with E-state index in [1.165, 1.54) is 60.3 Å². The number of amidine groups is 2. The van der Waals surface area contributed by atoms with Crippen LogP contribution in [-0.2, 0) is 4.79 Å². The van der Waals surface area contributed by atoms with E-state index in [1.807, 2.05) is 0 Å². The number of hydrogen-bond acceptors (Lipinski definition) is 7. The molecule has 1 aromatic carbocycles. The van der Waals surface area contributed by atoms with Crippen molar-refractivity contribution in [2.75, 3.05) is 0 Å². The number of rotatable bonds is 9. The highest BCUT2D eigenvalue weighted by Gasteiger charge is 2.35. The first kappa shape index (κ1) is 23.9. The van der Waals surface area contributed by atoms with Crippen molar-refractivity contribution in [3.05, 3.63) is 56.8 Å². The molecule has 34 heavy (non-hydrogen) atoms. The molecule has 1 N–H and O–H groups in total. The molecule has 9 nitrogen and oxygen atoms in total. The highest BCUT2D eigenvalue weighted by molar-refractivity contribution is 8.26. The Kier molecular flexibility index (Phi) is 7.28. The zero-order chi connectivity index (χ0) is 24.2. The van der Waals surface area contributed by atoms with Gasteiger partial charge in [0.05, 0.1) is 15.5 Å². The smallest absolute Gasteiger partial charge is 0.283 e. The van der Waals surface area contributed by atoms with Crippen LogP contribution in [-0.4, -0.2) is 31.9 Å². The van der Waals surface area contributed by atoms with E-state index in [1.54, 1.807) is 12.1 Å². The highest BCUT2D eigenvalue weighted by atomic mass is 35.5. The molecule has 3 heterocycles. The largest absolute Gasteiger partial charge is 0.457 e. The van der Waals surface area contributed by atoms with E-state index >= 15 is 0 Å². The van der Waals surface area contributed by atoms with E-state index in [0.29, 0.717) is 22.3 Å². The van der Waals surface area contributed by atoms with Gasteiger partial charge in [-0.3, -0.25) is 20.3 Å². The second-order valence-corrected chi connectivity index (χ2v) is 9.25. The maximum Gasteiger partial charge on any atom is 0.283 e. The topological polar surface area (TPSA) is 125 Å². The summed E-state index contributed by atoms with van der Waals surface area (Å²) in [6.45, 7) is 2.18. The van der Waals surface area contributed by atoms with Gasteiger partial charge in [-0.25, -0.2) is 0 Å². The molecular weight excluding hydrogens is 478 g/mol. The molecule has 0 saturated carbocycles. The summed E-state index contributed by atoms with van der Waals surface area (Å²) in [6, 6.07) is 7.36. The standard InChI is InChI=1S/C23H22ClN5O4S/c1-2-3-4-5-6-7-20-27-28-21(25)17(22(30)26-23(28)34-20)13-15-9-11-19(33-15)16-10-8-14(29(31)32)12-18(16)24/h8-13,25H,2-7H2,1H3/b17-13-,25-21?. The van der Waals surface area contributed by atoms with Crippen LogP contribution in [0.5, 0.6) is 0 Å². The van der Waals surface area contributed by atoms with Crippen LogP contribution in [0.2, 0.25) is 5.02 Å². The fraction of sp³-hybridized carbons (Fsp3) is 0.304. The van der Waals surface area contributed by atoms with Gasteiger partial charge >= 0.3 is 0 Å². The Morgan fingerprint density at radius 3 is 2.76 bits per heavy atom. The number of hydrazone groups is 1. The molecule has 2 aliphatic rings. The van der Waals surface area contributed by atoms with Gasteiger partial charge in [-0.2, -0.15) is 15.1 Å². The fourth-order valence-electron chi connectivity index (χ4n) is 3.55. The Morgan fingerprint density at radius 1 is 1.24 bits per heavy atom. The summed E-state index contributed by atoms with van der Waals surface area (Å²) < 4.78 is 5.78. The Labute approximate surface area is 205 Å². The van der Waals surface area contributed by atoms with E-state index in [-0.39, 0.29) is 22.1 Å². The number of nitro groups is 1. The number of benzene rings is 1. The molecule has 2 aromatic rings. The third kappa shape index (κ3) is 5.13. The maximum atomic E-state index is 12.6. The van der Waals surface area contributed by atoms with Crippen LogP contribution in [0.4, 0.5) is 5.69 Å². The number of non-ortho nitro benzene ring substituents is 1. The molecule has 0 spiro atoms. The van der Waals surface area contributed by atoms with Gasteiger partial charge < -0.3 is 4.42 Å². The monoisotopic (exact) mass is 499 g/mol. The zero-order valence-electron chi connectivity index (χ0n) is 18.4. The fourth-order valence-corrected chi connectivity index (χ4v) is 4.74. The zero-order valence-corrected chi connectivity index (χ0v) is 20.0. The van der Waals surface area contributed by atoms with E-state index < -0.39 is 10.8 Å². The second-order valence-electron chi connectivity index (χ2n) is 7.80. The third-order valence-electron chi connectivity index (χ3n) is 5.33. The predicted octanol–water partition coefficient (Wildman–Crippen LogP) is 6.49. The van der Waals surface area contributed by atoms with Crippen LogP contribution < -0.4 is 0 Å². The van der Waals surface area contributed by atoms with Gasteiger partial charge in [-0.1, -0.05) is 44.2 Å². The van der Waals surface area contributed by atoms with Crippen molar-refractivity contribution in [1.82, 2.24) is 5.01 Å². The number of hydrogen-bond donors (Lipinski definition) is 1. The van der Waals surface area contributed by atoms with E-state index in [9.17, 15) is 14.9 Å². The summed E-state index contributed by atoms with van der Waals surface area (Å²) >= 11 is 7.51. The first-order chi connectivity index (χ1) is 16.4. The summed E-state index contributed by atoms with van der Waals surface area (Å²) in [7, 11) is 0. The molecule has 0 unspecified atom stereocenters. The molecule has 0 bridgehead atoms. The average molecular weight is 500 g/mol. The van der Waals surface area contributed by atoms with Crippen molar-refractivity contribution in [2.24, 2.45) is 10.1 Å². The molecule has 176 valence electrons. The van der Waals surface area contributed by atoms with E-state index in [4.69, 9.17) is 21.4 Å². The Morgan fingerprint density at radius 2 is 2.03 bits per heavy atom. The number of amides is 1. The quantitative estimate of drug-likeness (QED) is 0.182. The minimum Gasteiger partial charge on any atom is -0.457 e. The predicted molar refractivity (Wildman–Crippen MR) is 134 cm³/mol. The van der Waals surface area contributed by atoms with Crippen molar-refractivity contribution in [2.45, 2.75) is 45.4 Å². The number of nitro benzene ring substituents is 1. The molecule has 0 fully saturated rings. The summed E-state index contributed by atoms with van der Waals surface area (Å²) in [4.78, 5) is 27.1. The van der Waals surface area contributed by atoms with Crippen LogP contribution in [0.15, 0.2) is 50.4 Å². The van der Waals surface area contributed by atoms with Crippen LogP contribution in [0.3, 0.4) is 0 Å². The van der Waals surface area contributed by atoms with Crippen molar-refractivity contribution in [3.63, 3.8) is 0 Å². The summed E-state index contributed by atoms with van der Waals surface area (Å²) in [5, 5.41) is 26.7. The summed E-state index contributed by atoms with van der Waals surface area (Å²) in [5.74, 6) is 0.109. The van der Waals surface area contributed by atoms with Crippen LogP contribution >= 0.6 is 23.4 Å². The SMILES string of the molecule is CCCCCCCC1=NN2C(=N)/C(=C/c3ccc(-c4ccc([N+](=O)[O-])cc4Cl)o3)C(=O)N=C2S1. The molecule has 0 aliphatic carbocycles. The molecule has 0 atom stereocenters. The average Bonchev–Trinajstić information content (AvgIpc) is 3.43. The number of unbranched alkanes of at least 4 members (excludes halogenated alkanes) is 4. The van der Waals surface area contributed by atoms with Gasteiger partial charge in [0, 0.05) is 17.7 Å². The first-order valence-corrected chi connectivity index (χ1v) is 12.1. The Balaban J connectivity index is 1.50. The first-order valence-electron chi connectivity index (χ1n) is 10.9. The second kappa shape index (κ2) is 10.4. The van der Waals surface area contributed by atoms with Gasteiger partial charge in [0.2, 0.25) is 5.17 Å². The van der Waals surface area contributed by atoms with Crippen molar-refractivity contribution in [1.29, 1.82) is 5.41 Å². The number of nitrogens with one attached hydrogen (secondary N) is 1. The van der Waals surface area contributed by atoms with Gasteiger partial charge in [0.25, 0.3) is 11.6 Å². The summed E-state index contributed by atoms with van der Waals surface area (Å²) in [5.41, 5.74) is 0.418. The van der Waals surface area contributed by atoms with E-state index in [2.05, 4.69) is 17.0 Å². The molecule has 0 radical (unpaired) electrons. The molecule has 4 rings (SSSR count). The molecule has 1 amide bonds. The minimum atomic E-state index is -0.533. The van der Waals surface area contributed by atoms with Crippen molar-refractivity contribution in [3.8, 4) is 11.3 Å². The molecule has 11 heteroatoms. The number of fused-ring (bicyclic) bond motifs is 1. The highest BCUT2D eigenvalue weighted by Crippen LogP contribution is 2.34. The molecule has 0 saturated heterocycles. The number of aliphatic imine (C=N–C) groups is 1. The molecule has 1 aromatic heterocycles. The number of carbonyl (C=O) groups excluding carboxylic acids is 1. The molecule has 2 aliphatic heterocycles. The van der Waals surface area contributed by atoms with Crippen molar-refractivity contribution >= 4 is 57.1 Å². The number of carbonyl (C=O) groups is 1. The van der Waals surface area contributed by atoms with Gasteiger partial charge in [-0.05, 0) is 48.9 Å². The number of furan rings is 1.